The number of nitrogens with one attached hydrogen (secondary N) is 1. The van der Waals surface area contributed by atoms with Crippen LogP contribution in [0.1, 0.15) is 162 Å². The van der Waals surface area contributed by atoms with Gasteiger partial charge in [0.1, 0.15) is 6.61 Å². The third-order valence-corrected chi connectivity index (χ3v) is 7.10. The number of esters is 2. The highest BCUT2D eigenvalue weighted by atomic mass is 16.6. The zero-order chi connectivity index (χ0) is 28.8. The van der Waals surface area contributed by atoms with Crippen molar-refractivity contribution in [2.45, 2.75) is 168 Å². The average Bonchev–Trinajstić information content (AvgIpc) is 2.92. The summed E-state index contributed by atoms with van der Waals surface area (Å²) in [6, 6.07) is 0. The highest BCUT2D eigenvalue weighted by Crippen LogP contribution is 2.13. The second-order valence-corrected chi connectivity index (χ2v) is 11.0. The molecule has 0 saturated heterocycles. The largest absolute Gasteiger partial charge is 0.462 e. The van der Waals surface area contributed by atoms with Gasteiger partial charge in [-0.1, -0.05) is 122 Å². The van der Waals surface area contributed by atoms with Gasteiger partial charge >= 0.3 is 11.9 Å². The average molecular weight is 556 g/mol. The number of amides is 1. The van der Waals surface area contributed by atoms with Crippen molar-refractivity contribution in [2.24, 2.45) is 0 Å². The molecule has 0 saturated carbocycles. The van der Waals surface area contributed by atoms with Gasteiger partial charge in [-0.3, -0.25) is 14.4 Å². The Bertz CT molecular complexity index is 583. The zero-order valence-corrected chi connectivity index (χ0v) is 25.5. The van der Waals surface area contributed by atoms with E-state index in [2.05, 4.69) is 12.2 Å². The molecule has 0 aromatic heterocycles. The number of carbonyl (C=O) groups excluding carboxylic acids is 3. The number of unbranched alkanes of at least 4 members (excludes halogenated alkanes) is 19. The van der Waals surface area contributed by atoms with Crippen LogP contribution >= 0.6 is 0 Å². The van der Waals surface area contributed by atoms with E-state index in [9.17, 15) is 19.5 Å². The summed E-state index contributed by atoms with van der Waals surface area (Å²) in [4.78, 5) is 34.8. The number of aliphatic hydroxyl groups is 1. The Hall–Kier alpha value is -1.63. The van der Waals surface area contributed by atoms with E-state index in [0.29, 0.717) is 12.8 Å². The lowest BCUT2D eigenvalue weighted by Crippen LogP contribution is -2.28. The SMILES string of the molecule is CCCCCCCCCCCC(=O)O[C@@H](CO)COC(=O)CCCCCCCCCCCCCCNC(C)=O. The van der Waals surface area contributed by atoms with Crippen LogP contribution in [0.4, 0.5) is 0 Å². The molecule has 0 bridgehead atoms. The number of ether oxygens (including phenoxy) is 2. The number of hydrogen-bond donors (Lipinski definition) is 2. The molecule has 0 aromatic rings. The highest BCUT2D eigenvalue weighted by Gasteiger charge is 2.16. The van der Waals surface area contributed by atoms with Crippen LogP contribution in [0.25, 0.3) is 0 Å². The third-order valence-electron chi connectivity index (χ3n) is 7.10. The molecule has 7 nitrogen and oxygen atoms in total. The van der Waals surface area contributed by atoms with E-state index in [-0.39, 0.29) is 31.1 Å². The molecule has 1 atom stereocenters. The van der Waals surface area contributed by atoms with Crippen molar-refractivity contribution in [3.05, 3.63) is 0 Å². The van der Waals surface area contributed by atoms with Crippen molar-refractivity contribution in [1.29, 1.82) is 0 Å². The Kier molecular flexibility index (Phi) is 28.1. The molecule has 0 aliphatic carbocycles. The van der Waals surface area contributed by atoms with Gasteiger partial charge in [0.15, 0.2) is 6.10 Å². The van der Waals surface area contributed by atoms with E-state index in [1.165, 1.54) is 89.9 Å². The van der Waals surface area contributed by atoms with Gasteiger partial charge in [0.2, 0.25) is 5.91 Å². The van der Waals surface area contributed by atoms with E-state index in [0.717, 1.165) is 51.5 Å². The van der Waals surface area contributed by atoms with Crippen LogP contribution < -0.4 is 5.32 Å². The minimum atomic E-state index is -0.774. The maximum absolute atomic E-state index is 12.0. The summed E-state index contributed by atoms with van der Waals surface area (Å²) in [5.41, 5.74) is 0. The predicted molar refractivity (Wildman–Crippen MR) is 158 cm³/mol. The molecule has 7 heteroatoms. The fourth-order valence-electron chi connectivity index (χ4n) is 4.63. The lowest BCUT2D eigenvalue weighted by molar-refractivity contribution is -0.161. The maximum Gasteiger partial charge on any atom is 0.306 e. The molecular weight excluding hydrogens is 494 g/mol. The summed E-state index contributed by atoms with van der Waals surface area (Å²) in [5.74, 6) is -0.563. The molecule has 0 unspecified atom stereocenters. The number of carbonyl (C=O) groups is 3. The van der Waals surface area contributed by atoms with Crippen molar-refractivity contribution in [2.75, 3.05) is 19.8 Å². The smallest absolute Gasteiger partial charge is 0.306 e. The summed E-state index contributed by atoms with van der Waals surface area (Å²) in [6.07, 6.45) is 24.6. The molecular formula is C32H61NO6. The van der Waals surface area contributed by atoms with Crippen molar-refractivity contribution in [1.82, 2.24) is 5.32 Å². The second kappa shape index (κ2) is 29.4. The third kappa shape index (κ3) is 29.2. The van der Waals surface area contributed by atoms with Gasteiger partial charge in [-0.25, -0.2) is 0 Å². The van der Waals surface area contributed by atoms with Gasteiger partial charge in [-0.15, -0.1) is 0 Å². The lowest BCUT2D eigenvalue weighted by atomic mass is 10.0. The Morgan fingerprint density at radius 1 is 0.615 bits per heavy atom. The summed E-state index contributed by atoms with van der Waals surface area (Å²) < 4.78 is 10.5. The van der Waals surface area contributed by atoms with Crippen LogP contribution in [0.5, 0.6) is 0 Å². The first kappa shape index (κ1) is 37.4. The molecule has 0 heterocycles. The first-order valence-electron chi connectivity index (χ1n) is 16.2. The summed E-state index contributed by atoms with van der Waals surface area (Å²) >= 11 is 0. The van der Waals surface area contributed by atoms with Crippen LogP contribution in [-0.4, -0.2) is 48.8 Å². The monoisotopic (exact) mass is 555 g/mol. The highest BCUT2D eigenvalue weighted by molar-refractivity contribution is 5.72. The first-order chi connectivity index (χ1) is 19.0. The number of rotatable bonds is 29. The van der Waals surface area contributed by atoms with Crippen molar-refractivity contribution < 1.29 is 29.0 Å². The molecule has 0 rings (SSSR count). The molecule has 2 N–H and O–H groups in total. The fourth-order valence-corrected chi connectivity index (χ4v) is 4.63. The van der Waals surface area contributed by atoms with Crippen molar-refractivity contribution >= 4 is 17.8 Å². The summed E-state index contributed by atoms with van der Waals surface area (Å²) in [5, 5.41) is 12.3. The Morgan fingerprint density at radius 2 is 1.03 bits per heavy atom. The Balaban J connectivity index is 3.52. The molecule has 0 fully saturated rings. The molecule has 0 aliphatic rings. The van der Waals surface area contributed by atoms with Crippen LogP contribution in [-0.2, 0) is 23.9 Å². The van der Waals surface area contributed by atoms with Gasteiger partial charge in [-0.05, 0) is 19.3 Å². The van der Waals surface area contributed by atoms with Crippen LogP contribution in [0.15, 0.2) is 0 Å². The molecule has 0 spiro atoms. The molecule has 0 aliphatic heterocycles. The molecule has 1 amide bonds. The van der Waals surface area contributed by atoms with E-state index >= 15 is 0 Å². The number of hydrogen-bond acceptors (Lipinski definition) is 6. The topological polar surface area (TPSA) is 102 Å². The summed E-state index contributed by atoms with van der Waals surface area (Å²) in [7, 11) is 0. The van der Waals surface area contributed by atoms with Gasteiger partial charge < -0.3 is 19.9 Å². The molecule has 0 aromatic carbocycles. The van der Waals surface area contributed by atoms with Gasteiger partial charge in [0, 0.05) is 26.3 Å². The maximum atomic E-state index is 12.0. The van der Waals surface area contributed by atoms with Crippen molar-refractivity contribution in [3.63, 3.8) is 0 Å². The molecule has 0 radical (unpaired) electrons. The van der Waals surface area contributed by atoms with E-state index in [1.807, 2.05) is 0 Å². The standard InChI is InChI=1S/C32H61NO6/c1-3-4-5-6-7-12-16-19-22-25-32(37)39-30(27-34)28-38-31(36)24-21-18-15-13-10-8-9-11-14-17-20-23-26-33-29(2)35/h30,34H,3-28H2,1-2H3,(H,33,35)/t30-/m0/s1. The van der Waals surface area contributed by atoms with Gasteiger partial charge in [-0.2, -0.15) is 0 Å². The van der Waals surface area contributed by atoms with Gasteiger partial charge in [0.05, 0.1) is 6.61 Å². The molecule has 230 valence electrons. The zero-order valence-electron chi connectivity index (χ0n) is 25.5. The Morgan fingerprint density at radius 3 is 1.46 bits per heavy atom. The molecule has 39 heavy (non-hydrogen) atoms. The van der Waals surface area contributed by atoms with Crippen molar-refractivity contribution in [3.8, 4) is 0 Å². The summed E-state index contributed by atoms with van der Waals surface area (Å²) in [6.45, 7) is 4.17. The fraction of sp³-hybridized carbons (Fsp3) is 0.906. The second-order valence-electron chi connectivity index (χ2n) is 11.0. The van der Waals surface area contributed by atoms with Crippen LogP contribution in [0.3, 0.4) is 0 Å². The normalized spacial score (nSPS) is 11.8. The van der Waals surface area contributed by atoms with Crippen LogP contribution in [0, 0.1) is 0 Å². The predicted octanol–water partition coefficient (Wildman–Crippen LogP) is 7.56. The van der Waals surface area contributed by atoms with Gasteiger partial charge in [0.25, 0.3) is 0 Å². The lowest BCUT2D eigenvalue weighted by Gasteiger charge is -2.15. The Labute approximate surface area is 239 Å². The first-order valence-corrected chi connectivity index (χ1v) is 16.2. The minimum absolute atomic E-state index is 0.0557. The number of aliphatic hydroxyl groups excluding tert-OH is 1. The van der Waals surface area contributed by atoms with E-state index in [1.54, 1.807) is 6.92 Å². The van der Waals surface area contributed by atoms with E-state index < -0.39 is 6.10 Å². The minimum Gasteiger partial charge on any atom is -0.462 e. The quantitative estimate of drug-likeness (QED) is 0.0729. The van der Waals surface area contributed by atoms with E-state index in [4.69, 9.17) is 9.47 Å². The van der Waals surface area contributed by atoms with Crippen LogP contribution in [0.2, 0.25) is 0 Å².